The van der Waals surface area contributed by atoms with Crippen LogP contribution in [0.15, 0.2) is 59.1 Å². The van der Waals surface area contributed by atoms with Crippen molar-refractivity contribution < 1.29 is 0 Å². The van der Waals surface area contributed by atoms with E-state index < -0.39 is 5.66 Å². The van der Waals surface area contributed by atoms with Crippen LogP contribution in [0.25, 0.3) is 0 Å². The van der Waals surface area contributed by atoms with Crippen LogP contribution >= 0.6 is 0 Å². The van der Waals surface area contributed by atoms with Crippen molar-refractivity contribution in [1.29, 1.82) is 0 Å². The van der Waals surface area contributed by atoms with Crippen molar-refractivity contribution >= 4 is 5.82 Å². The smallest absolute Gasteiger partial charge is 0.174 e. The molecule has 1 aromatic rings. The lowest BCUT2D eigenvalue weighted by Gasteiger charge is -2.27. The number of nitrogens with zero attached hydrogens (tertiary/aromatic N) is 3. The molecule has 0 fully saturated rings. The molecule has 4 nitrogen and oxygen atoms in total. The molecule has 4 heteroatoms. The highest BCUT2D eigenvalue weighted by molar-refractivity contribution is 5.25. The predicted octanol–water partition coefficient (Wildman–Crippen LogP) is 4.12. The molecule has 0 saturated carbocycles. The highest BCUT2D eigenvalue weighted by Gasteiger charge is 2.25. The third kappa shape index (κ3) is 4.02. The molecule has 19 heavy (non-hydrogen) atoms. The van der Waals surface area contributed by atoms with Crippen molar-refractivity contribution in [3.8, 4) is 0 Å². The molecule has 1 aromatic heterocycles. The molecule has 0 bridgehead atoms. The molecule has 1 atom stereocenters. The lowest BCUT2D eigenvalue weighted by Crippen LogP contribution is -2.39. The Morgan fingerprint density at radius 3 is 2.89 bits per heavy atom. The number of allylic oxidation sites excluding steroid dienone is 2. The minimum Gasteiger partial charge on any atom is -0.363 e. The van der Waals surface area contributed by atoms with E-state index in [1.54, 1.807) is 6.20 Å². The fraction of sp³-hybridized carbons (Fsp3) is 0.400. The number of rotatable bonds is 6. The fourth-order valence-corrected chi connectivity index (χ4v) is 1.98. The van der Waals surface area contributed by atoms with Gasteiger partial charge in [-0.1, -0.05) is 31.9 Å². The number of hydrogen-bond donors (Lipinski definition) is 1. The van der Waals surface area contributed by atoms with E-state index in [0.29, 0.717) is 5.82 Å². The Kier molecular flexibility index (Phi) is 4.84. The lowest BCUT2D eigenvalue weighted by molar-refractivity contribution is 0.399. The van der Waals surface area contributed by atoms with Crippen LogP contribution < -0.4 is 5.32 Å². The molecule has 2 rings (SSSR count). The molecule has 1 aliphatic rings. The van der Waals surface area contributed by atoms with Gasteiger partial charge in [0.2, 0.25) is 0 Å². The van der Waals surface area contributed by atoms with Gasteiger partial charge in [0.1, 0.15) is 0 Å². The minimum absolute atomic E-state index is 0.415. The second-order valence-electron chi connectivity index (χ2n) is 4.63. The topological polar surface area (TPSA) is 49.6 Å². The van der Waals surface area contributed by atoms with Gasteiger partial charge in [-0.25, -0.2) is 4.98 Å². The molecule has 0 aromatic carbocycles. The first-order valence-electron chi connectivity index (χ1n) is 6.81. The maximum Gasteiger partial charge on any atom is 0.174 e. The van der Waals surface area contributed by atoms with Crippen LogP contribution in [-0.2, 0) is 0 Å². The number of unbranched alkanes of at least 4 members (excludes halogenated alkanes) is 2. The van der Waals surface area contributed by atoms with Crippen molar-refractivity contribution in [2.75, 3.05) is 0 Å². The van der Waals surface area contributed by atoms with Gasteiger partial charge in [0.25, 0.3) is 0 Å². The average Bonchev–Trinajstić information content (AvgIpc) is 2.48. The van der Waals surface area contributed by atoms with Crippen LogP contribution in [0.1, 0.15) is 32.6 Å². The summed E-state index contributed by atoms with van der Waals surface area (Å²) in [6, 6.07) is 5.64. The summed E-state index contributed by atoms with van der Waals surface area (Å²) in [6.07, 6.45) is 14.2. The van der Waals surface area contributed by atoms with Crippen LogP contribution in [0.4, 0.5) is 5.82 Å². The first-order chi connectivity index (χ1) is 9.35. The van der Waals surface area contributed by atoms with E-state index in [1.807, 2.05) is 36.6 Å². The Hall–Kier alpha value is -1.97. The molecule has 2 heterocycles. The van der Waals surface area contributed by atoms with Crippen LogP contribution in [-0.4, -0.2) is 10.6 Å². The Morgan fingerprint density at radius 2 is 2.21 bits per heavy atom. The third-order valence-corrected chi connectivity index (χ3v) is 3.05. The zero-order chi connectivity index (χ0) is 13.4. The highest BCUT2D eigenvalue weighted by atomic mass is 15.3. The molecule has 100 valence electrons. The Bertz CT molecular complexity index is 464. The molecule has 0 spiro atoms. The summed E-state index contributed by atoms with van der Waals surface area (Å²) in [6.45, 7) is 2.20. The number of pyridine rings is 1. The van der Waals surface area contributed by atoms with Crippen LogP contribution in [0.5, 0.6) is 0 Å². The summed E-state index contributed by atoms with van der Waals surface area (Å²) < 4.78 is 0. The molecule has 0 amide bonds. The average molecular weight is 256 g/mol. The van der Waals surface area contributed by atoms with E-state index in [4.69, 9.17) is 0 Å². The zero-order valence-electron chi connectivity index (χ0n) is 11.3. The molecule has 0 aliphatic carbocycles. The normalized spacial score (nSPS) is 21.7. The number of aromatic nitrogens is 1. The third-order valence-electron chi connectivity index (χ3n) is 3.05. The van der Waals surface area contributed by atoms with Crippen molar-refractivity contribution in [1.82, 2.24) is 10.3 Å². The van der Waals surface area contributed by atoms with Crippen molar-refractivity contribution in [2.24, 2.45) is 10.2 Å². The summed E-state index contributed by atoms with van der Waals surface area (Å²) in [5, 5.41) is 12.0. The van der Waals surface area contributed by atoms with E-state index in [2.05, 4.69) is 33.5 Å². The van der Waals surface area contributed by atoms with Gasteiger partial charge in [0.15, 0.2) is 11.5 Å². The molecular weight excluding hydrogens is 236 g/mol. The molecule has 1 aliphatic heterocycles. The molecule has 1 N–H and O–H groups in total. The van der Waals surface area contributed by atoms with E-state index in [-0.39, 0.29) is 0 Å². The summed E-state index contributed by atoms with van der Waals surface area (Å²) in [7, 11) is 0. The molecule has 1 unspecified atom stereocenters. The van der Waals surface area contributed by atoms with Crippen LogP contribution in [0.3, 0.4) is 0 Å². The Labute approximate surface area is 114 Å². The number of hydrogen-bond acceptors (Lipinski definition) is 4. The van der Waals surface area contributed by atoms with Gasteiger partial charge >= 0.3 is 0 Å². The Morgan fingerprint density at radius 1 is 1.26 bits per heavy atom. The van der Waals surface area contributed by atoms with Gasteiger partial charge in [0, 0.05) is 6.20 Å². The van der Waals surface area contributed by atoms with Gasteiger partial charge in [-0.3, -0.25) is 0 Å². The predicted molar refractivity (Wildman–Crippen MR) is 77.0 cm³/mol. The van der Waals surface area contributed by atoms with Gasteiger partial charge in [-0.05, 0) is 43.3 Å². The minimum atomic E-state index is -0.415. The van der Waals surface area contributed by atoms with Gasteiger partial charge in [0.05, 0.1) is 0 Å². The Balaban J connectivity index is 2.08. The van der Waals surface area contributed by atoms with Gasteiger partial charge in [-0.15, -0.1) is 5.11 Å². The summed E-state index contributed by atoms with van der Waals surface area (Å²) in [5.74, 6) is 0.641. The standard InChI is InChI=1S/C15H20N4/c1-2-3-5-10-15(11-6-8-13-17-15)19-18-14-9-4-7-12-16-14/h4,6-9,11-13,17H,2-3,5,10H2,1H3. The largest absolute Gasteiger partial charge is 0.363 e. The van der Waals surface area contributed by atoms with E-state index >= 15 is 0 Å². The second kappa shape index (κ2) is 6.83. The SMILES string of the molecule is CCCCCC1(N=Nc2ccccn2)C=CC=CN1. The summed E-state index contributed by atoms with van der Waals surface area (Å²) in [4.78, 5) is 4.16. The van der Waals surface area contributed by atoms with Gasteiger partial charge in [-0.2, -0.15) is 5.11 Å². The van der Waals surface area contributed by atoms with E-state index in [1.165, 1.54) is 12.8 Å². The first-order valence-corrected chi connectivity index (χ1v) is 6.81. The lowest BCUT2D eigenvalue weighted by atomic mass is 10.0. The zero-order valence-corrected chi connectivity index (χ0v) is 11.3. The highest BCUT2D eigenvalue weighted by Crippen LogP contribution is 2.23. The summed E-state index contributed by atoms with van der Waals surface area (Å²) >= 11 is 0. The van der Waals surface area contributed by atoms with Crippen LogP contribution in [0.2, 0.25) is 0 Å². The monoisotopic (exact) mass is 256 g/mol. The van der Waals surface area contributed by atoms with E-state index in [0.717, 1.165) is 12.8 Å². The molecule has 0 saturated heterocycles. The first kappa shape index (κ1) is 13.5. The fourth-order valence-electron chi connectivity index (χ4n) is 1.98. The van der Waals surface area contributed by atoms with Gasteiger partial charge < -0.3 is 5.32 Å². The maximum absolute atomic E-state index is 4.47. The van der Waals surface area contributed by atoms with E-state index in [9.17, 15) is 0 Å². The van der Waals surface area contributed by atoms with Crippen molar-refractivity contribution in [3.05, 3.63) is 48.8 Å². The van der Waals surface area contributed by atoms with Crippen molar-refractivity contribution in [3.63, 3.8) is 0 Å². The molecule has 0 radical (unpaired) electrons. The summed E-state index contributed by atoms with van der Waals surface area (Å²) in [5.41, 5.74) is -0.415. The maximum atomic E-state index is 4.47. The number of nitrogens with one attached hydrogen (secondary N) is 1. The number of dihydropyridines is 1. The number of azo groups is 1. The molecular formula is C15H20N4. The quantitative estimate of drug-likeness (QED) is 0.615. The van der Waals surface area contributed by atoms with Crippen molar-refractivity contribution in [2.45, 2.75) is 38.3 Å². The van der Waals surface area contributed by atoms with Crippen LogP contribution in [0, 0.1) is 0 Å². The second-order valence-corrected chi connectivity index (χ2v) is 4.63.